The van der Waals surface area contributed by atoms with E-state index in [1.807, 2.05) is 0 Å². The van der Waals surface area contributed by atoms with Crippen molar-refractivity contribution in [3.63, 3.8) is 0 Å². The molecule has 0 aliphatic heterocycles. The minimum Gasteiger partial charge on any atom is -0.412 e. The topological polar surface area (TPSA) is 83.5 Å². The molecule has 0 spiro atoms. The summed E-state index contributed by atoms with van der Waals surface area (Å²) in [7, 11) is 0. The van der Waals surface area contributed by atoms with Gasteiger partial charge in [0.25, 0.3) is 0 Å². The SMILES string of the molecule is NN.O.[Cr]. The largest absolute Gasteiger partial charge is 0.412 e. The molecule has 0 aromatic rings. The van der Waals surface area contributed by atoms with E-state index in [2.05, 4.69) is 11.7 Å². The third-order valence-electron chi connectivity index (χ3n) is 0. The molecule has 0 rings (SSSR count). The Morgan fingerprint density at radius 3 is 1.00 bits per heavy atom. The summed E-state index contributed by atoms with van der Waals surface area (Å²) in [6.07, 6.45) is 0. The Hall–Kier alpha value is 0.412. The first kappa shape index (κ1) is 25.8. The first-order valence-corrected chi connectivity index (χ1v) is 0.333. The second-order valence-electron chi connectivity index (χ2n) is 0. The van der Waals surface area contributed by atoms with Crippen molar-refractivity contribution in [1.29, 1.82) is 0 Å². The van der Waals surface area contributed by atoms with E-state index in [4.69, 9.17) is 0 Å². The van der Waals surface area contributed by atoms with E-state index in [9.17, 15) is 0 Å². The molecule has 0 unspecified atom stereocenters. The average Bonchev–Trinajstić information content (AvgIpc) is 1.00. The van der Waals surface area contributed by atoms with Crippen molar-refractivity contribution in [2.24, 2.45) is 11.7 Å². The fourth-order valence-corrected chi connectivity index (χ4v) is 0. The van der Waals surface area contributed by atoms with E-state index in [-0.39, 0.29) is 22.8 Å². The summed E-state index contributed by atoms with van der Waals surface area (Å²) in [5.41, 5.74) is 0. The fraction of sp³-hybridized carbons (Fsp3) is 0. The summed E-state index contributed by atoms with van der Waals surface area (Å²) in [4.78, 5) is 0. The summed E-state index contributed by atoms with van der Waals surface area (Å²) in [5.74, 6) is 8.00. The molecule has 4 heavy (non-hydrogen) atoms. The van der Waals surface area contributed by atoms with Crippen LogP contribution in [0, 0.1) is 0 Å². The zero-order valence-electron chi connectivity index (χ0n) is 2.06. The van der Waals surface area contributed by atoms with Crippen LogP contribution in [0.15, 0.2) is 0 Å². The first-order valence-electron chi connectivity index (χ1n) is 0.333. The molecular formula is H6CrN2O. The smallest absolute Gasteiger partial charge is 0 e. The maximum atomic E-state index is 4.00. The third kappa shape index (κ3) is 28.3. The molecule has 0 amide bonds. The van der Waals surface area contributed by atoms with Gasteiger partial charge in [0, 0.05) is 17.4 Å². The number of hydrazine groups is 1. The van der Waals surface area contributed by atoms with Gasteiger partial charge in [0.2, 0.25) is 0 Å². The monoisotopic (exact) mass is 102 g/mol. The van der Waals surface area contributed by atoms with Crippen molar-refractivity contribution in [3.8, 4) is 0 Å². The molecule has 0 heterocycles. The van der Waals surface area contributed by atoms with Crippen molar-refractivity contribution in [1.82, 2.24) is 0 Å². The van der Waals surface area contributed by atoms with Gasteiger partial charge >= 0.3 is 0 Å². The predicted octanol–water partition coefficient (Wildman–Crippen LogP) is -2.01. The van der Waals surface area contributed by atoms with Gasteiger partial charge in [-0.25, -0.2) is 0 Å². The second-order valence-corrected chi connectivity index (χ2v) is 0. The normalized spacial score (nSPS) is 1.50. The summed E-state index contributed by atoms with van der Waals surface area (Å²) in [6, 6.07) is 0. The van der Waals surface area contributed by atoms with E-state index in [0.717, 1.165) is 0 Å². The van der Waals surface area contributed by atoms with Crippen molar-refractivity contribution >= 4 is 0 Å². The van der Waals surface area contributed by atoms with Crippen LogP contribution in [-0.2, 0) is 17.4 Å². The van der Waals surface area contributed by atoms with Crippen molar-refractivity contribution in [2.45, 2.75) is 0 Å². The van der Waals surface area contributed by atoms with Crippen LogP contribution < -0.4 is 11.7 Å². The van der Waals surface area contributed by atoms with Crippen LogP contribution in [0.5, 0.6) is 0 Å². The summed E-state index contributed by atoms with van der Waals surface area (Å²) >= 11 is 0. The van der Waals surface area contributed by atoms with E-state index >= 15 is 0 Å². The molecule has 0 aromatic carbocycles. The zero-order valence-corrected chi connectivity index (χ0v) is 3.34. The Kier molecular flexibility index (Phi) is 752. The van der Waals surface area contributed by atoms with Crippen LogP contribution in [0.25, 0.3) is 0 Å². The molecule has 28 valence electrons. The first-order chi connectivity index (χ1) is 1.00. The molecule has 0 fully saturated rings. The van der Waals surface area contributed by atoms with Gasteiger partial charge in [-0.15, -0.1) is 0 Å². The van der Waals surface area contributed by atoms with E-state index in [1.165, 1.54) is 0 Å². The van der Waals surface area contributed by atoms with Gasteiger partial charge in [-0.05, 0) is 0 Å². The molecule has 0 saturated carbocycles. The van der Waals surface area contributed by atoms with Crippen LogP contribution in [0.3, 0.4) is 0 Å². The van der Waals surface area contributed by atoms with E-state index in [0.29, 0.717) is 0 Å². The van der Waals surface area contributed by atoms with E-state index < -0.39 is 0 Å². The number of rotatable bonds is 0. The minimum atomic E-state index is 0. The van der Waals surface area contributed by atoms with Gasteiger partial charge in [-0.3, -0.25) is 11.7 Å². The Labute approximate surface area is 35.4 Å². The van der Waals surface area contributed by atoms with Crippen LogP contribution in [0.1, 0.15) is 0 Å². The fourth-order valence-electron chi connectivity index (χ4n) is 0. The molecule has 6 N–H and O–H groups in total. The van der Waals surface area contributed by atoms with Gasteiger partial charge in [0.05, 0.1) is 0 Å². The standard InChI is InChI=1S/Cr.H4N2.H2O/c;1-2;/h;1-2H2;1H2. The molecule has 4 heteroatoms. The van der Waals surface area contributed by atoms with E-state index in [1.54, 1.807) is 0 Å². The summed E-state index contributed by atoms with van der Waals surface area (Å²) in [5, 5.41) is 0. The quantitative estimate of drug-likeness (QED) is 0.273. The molecule has 0 aliphatic carbocycles. The third-order valence-corrected chi connectivity index (χ3v) is 0. The molecule has 0 radical (unpaired) electrons. The molecule has 0 saturated heterocycles. The molecule has 0 aliphatic rings. The number of hydrogen-bond acceptors (Lipinski definition) is 2. The zero-order chi connectivity index (χ0) is 2.00. The minimum absolute atomic E-state index is 0. The maximum Gasteiger partial charge on any atom is 0 e. The van der Waals surface area contributed by atoms with Crippen LogP contribution in [0.4, 0.5) is 0 Å². The summed E-state index contributed by atoms with van der Waals surface area (Å²) in [6.45, 7) is 0. The molecular weight excluding hydrogens is 96.0 g/mol. The Balaban J connectivity index is -0.00000000500. The Bertz CT molecular complexity index is 6.00. The van der Waals surface area contributed by atoms with Crippen molar-refractivity contribution < 1.29 is 22.8 Å². The van der Waals surface area contributed by atoms with Crippen LogP contribution in [0.2, 0.25) is 0 Å². The maximum absolute atomic E-state index is 4.00. The number of hydrogen-bond donors (Lipinski definition) is 2. The predicted molar refractivity (Wildman–Crippen MR) is 12.0 cm³/mol. The van der Waals surface area contributed by atoms with Gasteiger partial charge in [-0.2, -0.15) is 0 Å². The number of nitrogens with two attached hydrogens (primary N) is 2. The summed E-state index contributed by atoms with van der Waals surface area (Å²) < 4.78 is 0. The molecule has 3 nitrogen and oxygen atoms in total. The van der Waals surface area contributed by atoms with Crippen LogP contribution in [-0.4, -0.2) is 5.48 Å². The van der Waals surface area contributed by atoms with Gasteiger partial charge in [-0.1, -0.05) is 0 Å². The van der Waals surface area contributed by atoms with Gasteiger partial charge in [0.1, 0.15) is 0 Å². The van der Waals surface area contributed by atoms with Crippen molar-refractivity contribution in [2.75, 3.05) is 0 Å². The van der Waals surface area contributed by atoms with Gasteiger partial charge < -0.3 is 5.48 Å². The Morgan fingerprint density at radius 1 is 1.00 bits per heavy atom. The second kappa shape index (κ2) is 117. The van der Waals surface area contributed by atoms with Crippen molar-refractivity contribution in [3.05, 3.63) is 0 Å². The van der Waals surface area contributed by atoms with Gasteiger partial charge in [0.15, 0.2) is 0 Å². The molecule has 0 atom stereocenters. The average molecular weight is 102 g/mol. The molecule has 0 bridgehead atoms. The molecule has 0 aromatic heterocycles. The van der Waals surface area contributed by atoms with Crippen LogP contribution >= 0.6 is 0 Å². The Morgan fingerprint density at radius 2 is 1.00 bits per heavy atom.